The Labute approximate surface area is 85.6 Å². The lowest BCUT2D eigenvalue weighted by Crippen LogP contribution is -2.33. The lowest BCUT2D eigenvalue weighted by Gasteiger charge is -2.28. The third kappa shape index (κ3) is 2.72. The Balaban J connectivity index is 2.73. The predicted octanol–water partition coefficient (Wildman–Crippen LogP) is 2.85. The number of ether oxygens (including phenoxy) is 1. The van der Waals surface area contributed by atoms with Crippen LogP contribution in [0.25, 0.3) is 0 Å². The molecule has 0 heterocycles. The first-order valence-corrected chi connectivity index (χ1v) is 4.92. The van der Waals surface area contributed by atoms with E-state index in [-0.39, 0.29) is 5.97 Å². The van der Waals surface area contributed by atoms with Crippen molar-refractivity contribution in [2.24, 2.45) is 5.41 Å². The van der Waals surface area contributed by atoms with Crippen LogP contribution in [-0.4, -0.2) is 11.6 Å². The molecule has 0 N–H and O–H groups in total. The van der Waals surface area contributed by atoms with Crippen LogP contribution in [0.3, 0.4) is 0 Å². The molecule has 0 bridgehead atoms. The number of allylic oxidation sites excluding steroid dienone is 2. The van der Waals surface area contributed by atoms with Gasteiger partial charge in [0.2, 0.25) is 0 Å². The van der Waals surface area contributed by atoms with Crippen molar-refractivity contribution in [3.63, 3.8) is 0 Å². The van der Waals surface area contributed by atoms with E-state index in [0.29, 0.717) is 0 Å². The van der Waals surface area contributed by atoms with E-state index in [1.54, 1.807) is 0 Å². The summed E-state index contributed by atoms with van der Waals surface area (Å²) in [7, 11) is 0. The van der Waals surface area contributed by atoms with Crippen molar-refractivity contribution in [3.05, 3.63) is 24.3 Å². The zero-order valence-corrected chi connectivity index (χ0v) is 9.33. The van der Waals surface area contributed by atoms with Crippen molar-refractivity contribution in [1.29, 1.82) is 0 Å². The lowest BCUT2D eigenvalue weighted by molar-refractivity contribution is -0.161. The summed E-state index contributed by atoms with van der Waals surface area (Å²) >= 11 is 0. The molecule has 0 saturated heterocycles. The first kappa shape index (κ1) is 11.0. The first-order chi connectivity index (χ1) is 6.33. The Hall–Kier alpha value is -1.05. The minimum atomic E-state index is -0.578. The van der Waals surface area contributed by atoms with Crippen molar-refractivity contribution in [3.8, 4) is 0 Å². The summed E-state index contributed by atoms with van der Waals surface area (Å²) in [6.07, 6.45) is 8.69. The molecule has 0 atom stereocenters. The molecule has 0 fully saturated rings. The van der Waals surface area contributed by atoms with E-state index in [1.165, 1.54) is 0 Å². The molecule has 0 unspecified atom stereocenters. The zero-order chi connectivity index (χ0) is 10.8. The molecule has 2 nitrogen and oxygen atoms in total. The Morgan fingerprint density at radius 3 is 2.21 bits per heavy atom. The van der Waals surface area contributed by atoms with Crippen LogP contribution in [0, 0.1) is 5.41 Å². The molecule has 0 aromatic carbocycles. The number of carbonyl (C=O) groups excluding carboxylic acids is 1. The summed E-state index contributed by atoms with van der Waals surface area (Å²) in [6.45, 7) is 7.51. The third-order valence-corrected chi connectivity index (χ3v) is 2.04. The molecule has 0 radical (unpaired) electrons. The SMILES string of the molecule is CC(C)(C)OC(=O)C1(C)C=CCC=C1. The van der Waals surface area contributed by atoms with Gasteiger partial charge in [-0.05, 0) is 34.1 Å². The average molecular weight is 194 g/mol. The van der Waals surface area contributed by atoms with E-state index >= 15 is 0 Å². The number of carbonyl (C=O) groups is 1. The van der Waals surface area contributed by atoms with E-state index in [2.05, 4.69) is 0 Å². The molecule has 2 heteroatoms. The highest BCUT2D eigenvalue weighted by molar-refractivity contribution is 5.81. The van der Waals surface area contributed by atoms with Gasteiger partial charge in [0, 0.05) is 0 Å². The number of esters is 1. The fourth-order valence-electron chi connectivity index (χ4n) is 1.28. The maximum Gasteiger partial charge on any atom is 0.320 e. The van der Waals surface area contributed by atoms with Crippen LogP contribution < -0.4 is 0 Å². The second kappa shape index (κ2) is 3.60. The van der Waals surface area contributed by atoms with Crippen molar-refractivity contribution in [2.75, 3.05) is 0 Å². The van der Waals surface area contributed by atoms with Crippen LogP contribution in [0.4, 0.5) is 0 Å². The molecule has 14 heavy (non-hydrogen) atoms. The van der Waals surface area contributed by atoms with Gasteiger partial charge in [0.05, 0.1) is 0 Å². The maximum absolute atomic E-state index is 11.8. The Kier molecular flexibility index (Phi) is 2.84. The van der Waals surface area contributed by atoms with Gasteiger partial charge in [-0.2, -0.15) is 0 Å². The highest BCUT2D eigenvalue weighted by atomic mass is 16.6. The van der Waals surface area contributed by atoms with Crippen molar-refractivity contribution in [2.45, 2.75) is 39.7 Å². The van der Waals surface area contributed by atoms with E-state index in [9.17, 15) is 4.79 Å². The number of hydrogen-bond donors (Lipinski definition) is 0. The zero-order valence-electron chi connectivity index (χ0n) is 9.33. The van der Waals surface area contributed by atoms with Gasteiger partial charge in [0.25, 0.3) is 0 Å². The Bertz CT molecular complexity index is 267. The van der Waals surface area contributed by atoms with Gasteiger partial charge in [-0.1, -0.05) is 24.3 Å². The third-order valence-electron chi connectivity index (χ3n) is 2.04. The molecule has 0 aliphatic heterocycles. The minimum Gasteiger partial charge on any atom is -0.459 e. The molecule has 1 aliphatic carbocycles. The fourth-order valence-corrected chi connectivity index (χ4v) is 1.28. The summed E-state index contributed by atoms with van der Waals surface area (Å²) < 4.78 is 5.34. The van der Waals surface area contributed by atoms with Gasteiger partial charge in [-0.15, -0.1) is 0 Å². The molecule has 0 spiro atoms. The molecule has 78 valence electrons. The Morgan fingerprint density at radius 1 is 1.29 bits per heavy atom. The summed E-state index contributed by atoms with van der Waals surface area (Å²) in [6, 6.07) is 0. The highest BCUT2D eigenvalue weighted by Gasteiger charge is 2.32. The fraction of sp³-hybridized carbons (Fsp3) is 0.583. The maximum atomic E-state index is 11.8. The van der Waals surface area contributed by atoms with Gasteiger partial charge < -0.3 is 4.74 Å². The first-order valence-electron chi connectivity index (χ1n) is 4.92. The molecular formula is C12H18O2. The number of hydrogen-bond acceptors (Lipinski definition) is 2. The second-order valence-corrected chi connectivity index (χ2v) is 4.83. The van der Waals surface area contributed by atoms with Gasteiger partial charge in [0.1, 0.15) is 11.0 Å². The van der Waals surface area contributed by atoms with Crippen LogP contribution in [0.15, 0.2) is 24.3 Å². The molecule has 1 aliphatic rings. The van der Waals surface area contributed by atoms with Crippen LogP contribution in [0.1, 0.15) is 34.1 Å². The normalized spacial score (nSPS) is 19.4. The van der Waals surface area contributed by atoms with E-state index in [0.717, 1.165) is 6.42 Å². The van der Waals surface area contributed by atoms with E-state index in [1.807, 2.05) is 52.0 Å². The summed E-state index contributed by atoms with van der Waals surface area (Å²) in [5.74, 6) is -0.183. The predicted molar refractivity (Wildman–Crippen MR) is 56.8 cm³/mol. The van der Waals surface area contributed by atoms with E-state index in [4.69, 9.17) is 4.74 Å². The van der Waals surface area contributed by atoms with Gasteiger partial charge in [-0.25, -0.2) is 0 Å². The van der Waals surface area contributed by atoms with Crippen molar-refractivity contribution >= 4 is 5.97 Å². The summed E-state index contributed by atoms with van der Waals surface area (Å²) in [4.78, 5) is 11.8. The van der Waals surface area contributed by atoms with Crippen LogP contribution >= 0.6 is 0 Å². The van der Waals surface area contributed by atoms with Crippen LogP contribution in [0.2, 0.25) is 0 Å². The minimum absolute atomic E-state index is 0.183. The standard InChI is InChI=1S/C12H18O2/c1-11(2,3)14-10(13)12(4)8-6-5-7-9-12/h6-9H,5H2,1-4H3. The van der Waals surface area contributed by atoms with Gasteiger partial charge in [0.15, 0.2) is 0 Å². The molecule has 0 aromatic heterocycles. The summed E-state index contributed by atoms with van der Waals surface area (Å²) in [5.41, 5.74) is -0.995. The van der Waals surface area contributed by atoms with Gasteiger partial charge >= 0.3 is 5.97 Å². The van der Waals surface area contributed by atoms with E-state index < -0.39 is 11.0 Å². The van der Waals surface area contributed by atoms with Gasteiger partial charge in [-0.3, -0.25) is 4.79 Å². The van der Waals surface area contributed by atoms with Crippen LogP contribution in [0.5, 0.6) is 0 Å². The second-order valence-electron chi connectivity index (χ2n) is 4.83. The largest absolute Gasteiger partial charge is 0.459 e. The van der Waals surface area contributed by atoms with Crippen LogP contribution in [-0.2, 0) is 9.53 Å². The topological polar surface area (TPSA) is 26.3 Å². The highest BCUT2D eigenvalue weighted by Crippen LogP contribution is 2.28. The quantitative estimate of drug-likeness (QED) is 0.474. The smallest absolute Gasteiger partial charge is 0.320 e. The Morgan fingerprint density at radius 2 is 1.79 bits per heavy atom. The monoisotopic (exact) mass is 194 g/mol. The van der Waals surface area contributed by atoms with Crippen molar-refractivity contribution in [1.82, 2.24) is 0 Å². The van der Waals surface area contributed by atoms with Crippen molar-refractivity contribution < 1.29 is 9.53 Å². The average Bonchev–Trinajstić information content (AvgIpc) is 2.02. The molecule has 0 aromatic rings. The number of rotatable bonds is 1. The lowest BCUT2D eigenvalue weighted by atomic mass is 9.86. The molecule has 1 rings (SSSR count). The molecule has 0 amide bonds. The molecular weight excluding hydrogens is 176 g/mol. The molecule has 0 saturated carbocycles. The summed E-state index contributed by atoms with van der Waals surface area (Å²) in [5, 5.41) is 0.